The molecule has 0 aromatic heterocycles. The van der Waals surface area contributed by atoms with Gasteiger partial charge in [0.15, 0.2) is 0 Å². The Morgan fingerprint density at radius 3 is 3.00 bits per heavy atom. The molecule has 0 aliphatic carbocycles. The van der Waals surface area contributed by atoms with Gasteiger partial charge < -0.3 is 10.2 Å². The second-order valence-corrected chi connectivity index (χ2v) is 5.25. The van der Waals surface area contributed by atoms with Crippen LogP contribution in [0.3, 0.4) is 0 Å². The van der Waals surface area contributed by atoms with Crippen LogP contribution in [0.25, 0.3) is 0 Å². The summed E-state index contributed by atoms with van der Waals surface area (Å²) in [5.41, 5.74) is 0. The van der Waals surface area contributed by atoms with Crippen LogP contribution in [-0.2, 0) is 0 Å². The van der Waals surface area contributed by atoms with Gasteiger partial charge in [0.2, 0.25) is 0 Å². The Bertz CT molecular complexity index is 191. The number of piperidine rings is 1. The van der Waals surface area contributed by atoms with E-state index in [2.05, 4.69) is 23.7 Å². The third-order valence-electron chi connectivity index (χ3n) is 3.67. The average molecular weight is 238 g/mol. The van der Waals surface area contributed by atoms with E-state index in [-0.39, 0.29) is 0 Å². The maximum Gasteiger partial charge on any atom is 0.00218 e. The molecule has 0 amide bonds. The van der Waals surface area contributed by atoms with E-state index in [1.807, 2.05) is 6.08 Å². The van der Waals surface area contributed by atoms with Crippen LogP contribution in [-0.4, -0.2) is 37.6 Å². The van der Waals surface area contributed by atoms with Crippen molar-refractivity contribution in [3.05, 3.63) is 12.7 Å². The molecule has 0 bridgehead atoms. The molecule has 1 aliphatic heterocycles. The molecule has 0 spiro atoms. The molecule has 0 saturated carbocycles. The van der Waals surface area contributed by atoms with E-state index in [0.717, 1.165) is 12.5 Å². The van der Waals surface area contributed by atoms with E-state index in [4.69, 9.17) is 0 Å². The standard InChI is InChI=1S/C15H30N2/c1-3-5-6-7-8-11-17-12-9-10-15(14-17)13-16-4-2/h3,15-16H,1,4-14H2,2H3. The normalized spacial score (nSPS) is 21.6. The maximum atomic E-state index is 3.77. The molecule has 0 aromatic rings. The molecular weight excluding hydrogens is 208 g/mol. The minimum Gasteiger partial charge on any atom is -0.317 e. The van der Waals surface area contributed by atoms with Gasteiger partial charge in [-0.05, 0) is 64.2 Å². The van der Waals surface area contributed by atoms with Crippen molar-refractivity contribution in [3.8, 4) is 0 Å². The lowest BCUT2D eigenvalue weighted by Gasteiger charge is -2.32. The first-order valence-corrected chi connectivity index (χ1v) is 7.40. The second-order valence-electron chi connectivity index (χ2n) is 5.25. The first-order chi connectivity index (χ1) is 8.36. The zero-order valence-electron chi connectivity index (χ0n) is 11.6. The minimum absolute atomic E-state index is 0.886. The fraction of sp³-hybridized carbons (Fsp3) is 0.867. The zero-order valence-corrected chi connectivity index (χ0v) is 11.6. The summed E-state index contributed by atoms with van der Waals surface area (Å²) in [6.45, 7) is 12.2. The number of nitrogens with zero attached hydrogens (tertiary/aromatic N) is 1. The van der Waals surface area contributed by atoms with Crippen LogP contribution in [0.4, 0.5) is 0 Å². The zero-order chi connectivity index (χ0) is 12.3. The van der Waals surface area contributed by atoms with Crippen molar-refractivity contribution in [2.24, 2.45) is 5.92 Å². The van der Waals surface area contributed by atoms with E-state index in [1.54, 1.807) is 0 Å². The molecular formula is C15H30N2. The largest absolute Gasteiger partial charge is 0.317 e. The summed E-state index contributed by atoms with van der Waals surface area (Å²) in [6.07, 6.45) is 10.1. The van der Waals surface area contributed by atoms with E-state index in [0.29, 0.717) is 0 Å². The topological polar surface area (TPSA) is 15.3 Å². The number of nitrogens with one attached hydrogen (secondary N) is 1. The van der Waals surface area contributed by atoms with Gasteiger partial charge in [0, 0.05) is 6.54 Å². The number of unbranched alkanes of at least 4 members (excludes halogenated alkanes) is 3. The highest BCUT2D eigenvalue weighted by molar-refractivity contribution is 4.74. The van der Waals surface area contributed by atoms with E-state index in [1.165, 1.54) is 64.7 Å². The molecule has 2 heteroatoms. The number of hydrogen-bond acceptors (Lipinski definition) is 2. The summed E-state index contributed by atoms with van der Waals surface area (Å²) in [5.74, 6) is 0.886. The monoisotopic (exact) mass is 238 g/mol. The number of rotatable bonds is 9. The molecule has 1 saturated heterocycles. The van der Waals surface area contributed by atoms with E-state index in [9.17, 15) is 0 Å². The summed E-state index contributed by atoms with van der Waals surface area (Å²) in [6, 6.07) is 0. The Kier molecular flexibility index (Phi) is 8.37. The first kappa shape index (κ1) is 14.7. The van der Waals surface area contributed by atoms with Crippen LogP contribution >= 0.6 is 0 Å². The molecule has 1 unspecified atom stereocenters. The number of allylic oxidation sites excluding steroid dienone is 1. The summed E-state index contributed by atoms with van der Waals surface area (Å²) >= 11 is 0. The Balaban J connectivity index is 2.05. The van der Waals surface area contributed by atoms with Crippen molar-refractivity contribution in [1.29, 1.82) is 0 Å². The van der Waals surface area contributed by atoms with E-state index >= 15 is 0 Å². The van der Waals surface area contributed by atoms with Crippen LogP contribution in [0.5, 0.6) is 0 Å². The highest BCUT2D eigenvalue weighted by atomic mass is 15.1. The van der Waals surface area contributed by atoms with Crippen LogP contribution in [0.1, 0.15) is 45.4 Å². The minimum atomic E-state index is 0.886. The summed E-state index contributed by atoms with van der Waals surface area (Å²) in [7, 11) is 0. The fourth-order valence-corrected chi connectivity index (χ4v) is 2.67. The van der Waals surface area contributed by atoms with Gasteiger partial charge in [0.1, 0.15) is 0 Å². The lowest BCUT2D eigenvalue weighted by atomic mass is 9.97. The van der Waals surface area contributed by atoms with Crippen LogP contribution in [0.2, 0.25) is 0 Å². The molecule has 1 N–H and O–H groups in total. The first-order valence-electron chi connectivity index (χ1n) is 7.40. The van der Waals surface area contributed by atoms with Gasteiger partial charge in [-0.1, -0.05) is 19.4 Å². The third kappa shape index (κ3) is 6.85. The smallest absolute Gasteiger partial charge is 0.00218 e. The predicted octanol–water partition coefficient (Wildman–Crippen LogP) is 3.05. The van der Waals surface area contributed by atoms with Crippen LogP contribution in [0.15, 0.2) is 12.7 Å². The molecule has 1 fully saturated rings. The summed E-state index contributed by atoms with van der Waals surface area (Å²) in [4.78, 5) is 2.67. The summed E-state index contributed by atoms with van der Waals surface area (Å²) in [5, 5.41) is 3.48. The lowest BCUT2D eigenvalue weighted by molar-refractivity contribution is 0.170. The van der Waals surface area contributed by atoms with Gasteiger partial charge in [0.05, 0.1) is 0 Å². The predicted molar refractivity (Wildman–Crippen MR) is 76.4 cm³/mol. The Labute approximate surface area is 107 Å². The highest BCUT2D eigenvalue weighted by Crippen LogP contribution is 2.16. The van der Waals surface area contributed by atoms with Crippen molar-refractivity contribution in [2.45, 2.75) is 45.4 Å². The number of hydrogen-bond donors (Lipinski definition) is 1. The molecule has 100 valence electrons. The van der Waals surface area contributed by atoms with E-state index < -0.39 is 0 Å². The van der Waals surface area contributed by atoms with Gasteiger partial charge in [0.25, 0.3) is 0 Å². The van der Waals surface area contributed by atoms with Gasteiger partial charge in [-0.15, -0.1) is 6.58 Å². The third-order valence-corrected chi connectivity index (χ3v) is 3.67. The van der Waals surface area contributed by atoms with Crippen molar-refractivity contribution < 1.29 is 0 Å². The molecule has 1 atom stereocenters. The molecule has 1 rings (SSSR count). The SMILES string of the molecule is C=CCCCCCN1CCCC(CNCC)C1. The Morgan fingerprint density at radius 2 is 2.24 bits per heavy atom. The second kappa shape index (κ2) is 9.67. The van der Waals surface area contributed by atoms with Gasteiger partial charge in [-0.3, -0.25) is 0 Å². The number of likely N-dealkylation sites (tertiary alicyclic amines) is 1. The lowest BCUT2D eigenvalue weighted by Crippen LogP contribution is -2.40. The van der Waals surface area contributed by atoms with Gasteiger partial charge >= 0.3 is 0 Å². The van der Waals surface area contributed by atoms with Crippen LogP contribution in [0, 0.1) is 5.92 Å². The molecule has 1 aliphatic rings. The van der Waals surface area contributed by atoms with Crippen LogP contribution < -0.4 is 5.32 Å². The van der Waals surface area contributed by atoms with Crippen molar-refractivity contribution in [2.75, 3.05) is 32.7 Å². The molecule has 17 heavy (non-hydrogen) atoms. The van der Waals surface area contributed by atoms with Crippen molar-refractivity contribution >= 4 is 0 Å². The fourth-order valence-electron chi connectivity index (χ4n) is 2.67. The maximum absolute atomic E-state index is 3.77. The average Bonchev–Trinajstić information content (AvgIpc) is 2.37. The molecule has 0 aromatic carbocycles. The Hall–Kier alpha value is -0.340. The molecule has 2 nitrogen and oxygen atoms in total. The van der Waals surface area contributed by atoms with Crippen molar-refractivity contribution in [1.82, 2.24) is 10.2 Å². The molecule has 1 heterocycles. The van der Waals surface area contributed by atoms with Crippen molar-refractivity contribution in [3.63, 3.8) is 0 Å². The molecule has 0 radical (unpaired) electrons. The quantitative estimate of drug-likeness (QED) is 0.490. The summed E-state index contributed by atoms with van der Waals surface area (Å²) < 4.78 is 0. The highest BCUT2D eigenvalue weighted by Gasteiger charge is 2.18. The van der Waals surface area contributed by atoms with Gasteiger partial charge in [-0.2, -0.15) is 0 Å². The Morgan fingerprint density at radius 1 is 1.35 bits per heavy atom. The van der Waals surface area contributed by atoms with Gasteiger partial charge in [-0.25, -0.2) is 0 Å².